The summed E-state index contributed by atoms with van der Waals surface area (Å²) < 4.78 is 16.6. The molecule has 0 saturated carbocycles. The van der Waals surface area contributed by atoms with Crippen LogP contribution in [0.2, 0.25) is 0 Å². The van der Waals surface area contributed by atoms with Gasteiger partial charge in [-0.05, 0) is 50.9 Å². The zero-order valence-corrected chi connectivity index (χ0v) is 13.2. The van der Waals surface area contributed by atoms with Crippen LogP contribution in [0.5, 0.6) is 0 Å². The summed E-state index contributed by atoms with van der Waals surface area (Å²) >= 11 is 0. The fraction of sp³-hybridized carbons (Fsp3) is 0.438. The van der Waals surface area contributed by atoms with Gasteiger partial charge >= 0.3 is 13.1 Å². The number of esters is 1. The highest BCUT2D eigenvalue weighted by Crippen LogP contribution is 2.40. The first kappa shape index (κ1) is 15.8. The van der Waals surface area contributed by atoms with Gasteiger partial charge in [-0.2, -0.15) is 0 Å². The average Bonchev–Trinajstić information content (AvgIpc) is 2.66. The summed E-state index contributed by atoms with van der Waals surface area (Å²) in [4.78, 5) is 11.4. The van der Waals surface area contributed by atoms with Crippen molar-refractivity contribution in [3.05, 3.63) is 42.0 Å². The SMILES string of the molecule is C=C(B1OC(C)(C)C(C)(C)O1)c1ccc(C(=O)OC)cc1. The molecule has 1 fully saturated rings. The average molecular weight is 288 g/mol. The molecule has 1 aliphatic rings. The maximum absolute atomic E-state index is 11.4. The predicted octanol–water partition coefficient (Wildman–Crippen LogP) is 3.12. The molecule has 1 heterocycles. The van der Waals surface area contributed by atoms with Crippen molar-refractivity contribution >= 4 is 18.6 Å². The number of hydrogen-bond donors (Lipinski definition) is 0. The lowest BCUT2D eigenvalue weighted by Gasteiger charge is -2.32. The number of benzene rings is 1. The van der Waals surface area contributed by atoms with Crippen molar-refractivity contribution in [3.8, 4) is 0 Å². The molecule has 4 nitrogen and oxygen atoms in total. The molecule has 0 N–H and O–H groups in total. The molecular weight excluding hydrogens is 267 g/mol. The smallest absolute Gasteiger partial charge is 0.465 e. The Bertz CT molecular complexity index is 544. The zero-order valence-electron chi connectivity index (χ0n) is 13.2. The van der Waals surface area contributed by atoms with Crippen LogP contribution < -0.4 is 0 Å². The maximum atomic E-state index is 11.4. The lowest BCUT2D eigenvalue weighted by molar-refractivity contribution is 0.00578. The van der Waals surface area contributed by atoms with E-state index in [-0.39, 0.29) is 5.97 Å². The molecule has 112 valence electrons. The van der Waals surface area contributed by atoms with Crippen molar-refractivity contribution in [3.63, 3.8) is 0 Å². The van der Waals surface area contributed by atoms with Crippen LogP contribution in [-0.4, -0.2) is 31.4 Å². The van der Waals surface area contributed by atoms with Crippen molar-refractivity contribution < 1.29 is 18.8 Å². The molecule has 0 atom stereocenters. The topological polar surface area (TPSA) is 44.8 Å². The Kier molecular flexibility index (Phi) is 4.00. The summed E-state index contributed by atoms with van der Waals surface area (Å²) in [5, 5.41) is 0. The minimum absolute atomic E-state index is 0.359. The highest BCUT2D eigenvalue weighted by Gasteiger charge is 2.52. The van der Waals surface area contributed by atoms with Crippen molar-refractivity contribution in [2.75, 3.05) is 7.11 Å². The molecule has 0 aromatic heterocycles. The fourth-order valence-electron chi connectivity index (χ4n) is 2.06. The van der Waals surface area contributed by atoms with E-state index in [9.17, 15) is 4.79 Å². The van der Waals surface area contributed by atoms with Gasteiger partial charge in [0.1, 0.15) is 0 Å². The number of hydrogen-bond acceptors (Lipinski definition) is 4. The molecule has 1 aliphatic heterocycles. The molecule has 0 bridgehead atoms. The number of methoxy groups -OCH3 is 1. The Morgan fingerprint density at radius 2 is 1.48 bits per heavy atom. The van der Waals surface area contributed by atoms with Crippen LogP contribution in [0.4, 0.5) is 0 Å². The monoisotopic (exact) mass is 288 g/mol. The van der Waals surface area contributed by atoms with E-state index in [0.717, 1.165) is 11.0 Å². The van der Waals surface area contributed by atoms with Gasteiger partial charge in [0.15, 0.2) is 0 Å². The quantitative estimate of drug-likeness (QED) is 0.633. The Morgan fingerprint density at radius 1 is 1.05 bits per heavy atom. The lowest BCUT2D eigenvalue weighted by Crippen LogP contribution is -2.41. The van der Waals surface area contributed by atoms with Gasteiger partial charge in [-0.1, -0.05) is 18.7 Å². The highest BCUT2D eigenvalue weighted by atomic mass is 16.7. The van der Waals surface area contributed by atoms with E-state index in [4.69, 9.17) is 9.31 Å². The number of ether oxygens (including phenoxy) is 1. The number of carbonyl (C=O) groups is 1. The van der Waals surface area contributed by atoms with Crippen LogP contribution in [-0.2, 0) is 14.0 Å². The molecule has 2 rings (SSSR count). The third kappa shape index (κ3) is 2.89. The molecule has 0 amide bonds. The Hall–Kier alpha value is -1.59. The summed E-state index contributed by atoms with van der Waals surface area (Å²) in [6, 6.07) is 7.05. The third-order valence-corrected chi connectivity index (χ3v) is 4.21. The maximum Gasteiger partial charge on any atom is 0.494 e. The fourth-order valence-corrected chi connectivity index (χ4v) is 2.06. The van der Waals surface area contributed by atoms with E-state index >= 15 is 0 Å². The Labute approximate surface area is 126 Å². The molecule has 1 aromatic rings. The van der Waals surface area contributed by atoms with Gasteiger partial charge in [0.25, 0.3) is 0 Å². The van der Waals surface area contributed by atoms with Gasteiger partial charge in [0.05, 0.1) is 23.9 Å². The summed E-state index contributed by atoms with van der Waals surface area (Å²) in [5.41, 5.74) is 1.33. The molecular formula is C16H21BO4. The summed E-state index contributed by atoms with van der Waals surface area (Å²) in [7, 11) is 0.874. The molecule has 1 aromatic carbocycles. The van der Waals surface area contributed by atoms with Crippen LogP contribution in [0, 0.1) is 0 Å². The number of rotatable bonds is 3. The first-order valence-corrected chi connectivity index (χ1v) is 6.91. The molecule has 5 heteroatoms. The van der Waals surface area contributed by atoms with Gasteiger partial charge in [0, 0.05) is 0 Å². The van der Waals surface area contributed by atoms with Crippen LogP contribution >= 0.6 is 0 Å². The summed E-state index contributed by atoms with van der Waals surface area (Å²) in [6.07, 6.45) is 0. The normalized spacial score (nSPS) is 19.4. The molecule has 0 unspecified atom stereocenters. The van der Waals surface area contributed by atoms with Crippen molar-refractivity contribution in [2.24, 2.45) is 0 Å². The predicted molar refractivity (Wildman–Crippen MR) is 82.9 cm³/mol. The van der Waals surface area contributed by atoms with Crippen LogP contribution in [0.1, 0.15) is 43.6 Å². The third-order valence-electron chi connectivity index (χ3n) is 4.21. The first-order chi connectivity index (χ1) is 9.68. The first-order valence-electron chi connectivity index (χ1n) is 6.91. The minimum atomic E-state index is -0.487. The van der Waals surface area contributed by atoms with Crippen molar-refractivity contribution in [1.82, 2.24) is 0 Å². The van der Waals surface area contributed by atoms with E-state index in [2.05, 4.69) is 11.3 Å². The molecule has 1 saturated heterocycles. The summed E-state index contributed by atoms with van der Waals surface area (Å²) in [6.45, 7) is 12.1. The van der Waals surface area contributed by atoms with Gasteiger partial charge in [-0.3, -0.25) is 0 Å². The van der Waals surface area contributed by atoms with Crippen molar-refractivity contribution in [1.29, 1.82) is 0 Å². The van der Waals surface area contributed by atoms with Crippen LogP contribution in [0.3, 0.4) is 0 Å². The van der Waals surface area contributed by atoms with Gasteiger partial charge in [-0.25, -0.2) is 4.79 Å². The molecule has 21 heavy (non-hydrogen) atoms. The highest BCUT2D eigenvalue weighted by molar-refractivity contribution is 6.68. The van der Waals surface area contributed by atoms with Crippen LogP contribution in [0.25, 0.3) is 5.47 Å². The molecule has 0 spiro atoms. The second kappa shape index (κ2) is 5.32. The van der Waals surface area contributed by atoms with Crippen LogP contribution in [0.15, 0.2) is 30.8 Å². The largest absolute Gasteiger partial charge is 0.494 e. The van der Waals surface area contributed by atoms with E-state index in [1.165, 1.54) is 7.11 Å². The van der Waals surface area contributed by atoms with E-state index in [0.29, 0.717) is 5.56 Å². The van der Waals surface area contributed by atoms with Gasteiger partial charge in [-0.15, -0.1) is 0 Å². The standard InChI is InChI=1S/C16H21BO4/c1-11(17-20-15(2,3)16(4,5)21-17)12-7-9-13(10-8-12)14(18)19-6/h7-10H,1H2,2-6H3. The number of carbonyl (C=O) groups excluding carboxylic acids is 1. The lowest BCUT2D eigenvalue weighted by atomic mass is 9.75. The van der Waals surface area contributed by atoms with E-state index < -0.39 is 18.3 Å². The minimum Gasteiger partial charge on any atom is -0.465 e. The van der Waals surface area contributed by atoms with Gasteiger partial charge in [0.2, 0.25) is 0 Å². The Balaban J connectivity index is 2.17. The Morgan fingerprint density at radius 3 is 1.90 bits per heavy atom. The molecule has 0 radical (unpaired) electrons. The second-order valence-corrected chi connectivity index (χ2v) is 6.18. The van der Waals surface area contributed by atoms with Crippen molar-refractivity contribution in [2.45, 2.75) is 38.9 Å². The second-order valence-electron chi connectivity index (χ2n) is 6.18. The summed E-state index contributed by atoms with van der Waals surface area (Å²) in [5.74, 6) is -0.359. The van der Waals surface area contributed by atoms with Gasteiger partial charge < -0.3 is 14.0 Å². The molecule has 0 aliphatic carbocycles. The van der Waals surface area contributed by atoms with E-state index in [1.807, 2.05) is 39.8 Å². The van der Waals surface area contributed by atoms with E-state index in [1.54, 1.807) is 12.1 Å². The zero-order chi connectivity index (χ0) is 15.8.